The number of amides is 1. The zero-order valence-electron chi connectivity index (χ0n) is 10.8. The van der Waals surface area contributed by atoms with Crippen LogP contribution in [0.15, 0.2) is 18.2 Å². The molecule has 1 aliphatic heterocycles. The Balaban J connectivity index is 2.16. The first-order valence-corrected chi connectivity index (χ1v) is 6.79. The van der Waals surface area contributed by atoms with Gasteiger partial charge in [-0.15, -0.1) is 0 Å². The first-order valence-electron chi connectivity index (χ1n) is 6.41. The van der Waals surface area contributed by atoms with Crippen molar-refractivity contribution in [1.82, 2.24) is 4.90 Å². The number of carbonyl (C=O) groups is 1. The molecule has 0 bridgehead atoms. The van der Waals surface area contributed by atoms with Gasteiger partial charge in [-0.25, -0.2) is 4.79 Å². The van der Waals surface area contributed by atoms with E-state index in [1.807, 2.05) is 13.0 Å². The highest BCUT2D eigenvalue weighted by atomic mass is 35.5. The summed E-state index contributed by atoms with van der Waals surface area (Å²) in [6.45, 7) is 2.85. The third-order valence-electron chi connectivity index (χ3n) is 3.73. The highest BCUT2D eigenvalue weighted by Crippen LogP contribution is 2.32. The van der Waals surface area contributed by atoms with Gasteiger partial charge in [0.1, 0.15) is 0 Å². The summed E-state index contributed by atoms with van der Waals surface area (Å²) in [6, 6.07) is 5.43. The second-order valence-corrected chi connectivity index (χ2v) is 5.51. The molecule has 2 unspecified atom stereocenters. The van der Waals surface area contributed by atoms with E-state index in [2.05, 4.69) is 0 Å². The average molecular weight is 284 g/mol. The highest BCUT2D eigenvalue weighted by molar-refractivity contribution is 6.30. The standard InChI is InChI=1S/C14H18ClNO3/c1-9-4-5-11(15)7-12(9)13(17)10-3-2-6-16(8-10)14(18)19/h4-5,7,10,13,17H,2-3,6,8H2,1H3,(H,18,19). The van der Waals surface area contributed by atoms with Crippen LogP contribution in [0.2, 0.25) is 5.02 Å². The van der Waals surface area contributed by atoms with Gasteiger partial charge in [-0.1, -0.05) is 17.7 Å². The summed E-state index contributed by atoms with van der Waals surface area (Å²) in [4.78, 5) is 12.4. The molecule has 1 aromatic carbocycles. The van der Waals surface area contributed by atoms with E-state index in [1.54, 1.807) is 12.1 Å². The lowest BCUT2D eigenvalue weighted by molar-refractivity contribution is 0.0500. The largest absolute Gasteiger partial charge is 0.465 e. The van der Waals surface area contributed by atoms with Crippen LogP contribution in [-0.2, 0) is 0 Å². The van der Waals surface area contributed by atoms with Crippen LogP contribution < -0.4 is 0 Å². The molecule has 1 aromatic rings. The van der Waals surface area contributed by atoms with E-state index in [1.165, 1.54) is 4.90 Å². The number of benzene rings is 1. The number of likely N-dealkylation sites (tertiary alicyclic amines) is 1. The zero-order chi connectivity index (χ0) is 14.0. The predicted octanol–water partition coefficient (Wildman–Crippen LogP) is 3.07. The summed E-state index contributed by atoms with van der Waals surface area (Å²) in [7, 11) is 0. The summed E-state index contributed by atoms with van der Waals surface area (Å²) in [5.41, 5.74) is 1.77. The second-order valence-electron chi connectivity index (χ2n) is 5.08. The smallest absolute Gasteiger partial charge is 0.407 e. The minimum absolute atomic E-state index is 0.0676. The number of piperidine rings is 1. The monoisotopic (exact) mass is 283 g/mol. The molecule has 1 fully saturated rings. The minimum atomic E-state index is -0.917. The Bertz CT molecular complexity index is 478. The third kappa shape index (κ3) is 3.19. The van der Waals surface area contributed by atoms with Gasteiger partial charge >= 0.3 is 6.09 Å². The molecule has 1 amide bonds. The highest BCUT2D eigenvalue weighted by Gasteiger charge is 2.29. The van der Waals surface area contributed by atoms with Gasteiger partial charge < -0.3 is 15.1 Å². The van der Waals surface area contributed by atoms with Gasteiger partial charge in [-0.2, -0.15) is 0 Å². The maximum absolute atomic E-state index is 11.0. The molecule has 104 valence electrons. The lowest BCUT2D eigenvalue weighted by Crippen LogP contribution is -2.41. The molecular formula is C14H18ClNO3. The predicted molar refractivity (Wildman–Crippen MR) is 73.5 cm³/mol. The van der Waals surface area contributed by atoms with Crippen LogP contribution in [0, 0.1) is 12.8 Å². The third-order valence-corrected chi connectivity index (χ3v) is 3.97. The number of rotatable bonds is 2. The number of aryl methyl sites for hydroxylation is 1. The fourth-order valence-corrected chi connectivity index (χ4v) is 2.81. The molecule has 1 aliphatic rings. The molecule has 1 saturated heterocycles. The maximum atomic E-state index is 11.0. The molecule has 0 aromatic heterocycles. The van der Waals surface area contributed by atoms with Crippen LogP contribution >= 0.6 is 11.6 Å². The molecule has 0 spiro atoms. The topological polar surface area (TPSA) is 60.8 Å². The van der Waals surface area contributed by atoms with Crippen molar-refractivity contribution in [3.63, 3.8) is 0 Å². The Kier molecular flexibility index (Phi) is 4.32. The molecule has 2 rings (SSSR count). The van der Waals surface area contributed by atoms with E-state index in [-0.39, 0.29) is 5.92 Å². The number of hydrogen-bond acceptors (Lipinski definition) is 2. The van der Waals surface area contributed by atoms with Crippen molar-refractivity contribution in [2.75, 3.05) is 13.1 Å². The van der Waals surface area contributed by atoms with E-state index in [9.17, 15) is 9.90 Å². The Morgan fingerprint density at radius 3 is 2.95 bits per heavy atom. The number of hydrogen-bond donors (Lipinski definition) is 2. The first-order chi connectivity index (χ1) is 8.99. The van der Waals surface area contributed by atoms with Gasteiger partial charge in [0, 0.05) is 24.0 Å². The van der Waals surface area contributed by atoms with Gasteiger partial charge in [-0.05, 0) is 43.0 Å². The fourth-order valence-electron chi connectivity index (χ4n) is 2.63. The Morgan fingerprint density at radius 1 is 1.53 bits per heavy atom. The Morgan fingerprint density at radius 2 is 2.26 bits per heavy atom. The molecule has 0 radical (unpaired) electrons. The number of carboxylic acid groups (broad SMARTS) is 1. The van der Waals surface area contributed by atoms with Crippen LogP contribution in [0.25, 0.3) is 0 Å². The van der Waals surface area contributed by atoms with Crippen molar-refractivity contribution in [3.8, 4) is 0 Å². The number of nitrogens with zero attached hydrogens (tertiary/aromatic N) is 1. The molecule has 1 heterocycles. The van der Waals surface area contributed by atoms with Gasteiger partial charge in [0.2, 0.25) is 0 Å². The molecule has 0 saturated carbocycles. The average Bonchev–Trinajstić information content (AvgIpc) is 2.41. The van der Waals surface area contributed by atoms with E-state index >= 15 is 0 Å². The van der Waals surface area contributed by atoms with E-state index in [4.69, 9.17) is 16.7 Å². The van der Waals surface area contributed by atoms with Gasteiger partial charge in [0.25, 0.3) is 0 Å². The van der Waals surface area contributed by atoms with Crippen molar-refractivity contribution in [2.45, 2.75) is 25.9 Å². The zero-order valence-corrected chi connectivity index (χ0v) is 11.6. The van der Waals surface area contributed by atoms with Crippen LogP contribution in [0.1, 0.15) is 30.1 Å². The molecule has 4 nitrogen and oxygen atoms in total. The second kappa shape index (κ2) is 5.80. The molecular weight excluding hydrogens is 266 g/mol. The van der Waals surface area contributed by atoms with Crippen molar-refractivity contribution < 1.29 is 15.0 Å². The van der Waals surface area contributed by atoms with E-state index in [0.29, 0.717) is 18.1 Å². The lowest BCUT2D eigenvalue weighted by Gasteiger charge is -2.34. The Hall–Kier alpha value is -1.26. The van der Waals surface area contributed by atoms with Crippen molar-refractivity contribution >= 4 is 17.7 Å². The van der Waals surface area contributed by atoms with Crippen LogP contribution in [0.4, 0.5) is 4.79 Å². The van der Waals surface area contributed by atoms with Crippen molar-refractivity contribution in [2.24, 2.45) is 5.92 Å². The summed E-state index contributed by atoms with van der Waals surface area (Å²) in [5.74, 6) is -0.0676. The van der Waals surface area contributed by atoms with Crippen molar-refractivity contribution in [1.29, 1.82) is 0 Å². The molecule has 2 N–H and O–H groups in total. The van der Waals surface area contributed by atoms with Crippen LogP contribution in [0.3, 0.4) is 0 Å². The SMILES string of the molecule is Cc1ccc(Cl)cc1C(O)C1CCCN(C(=O)O)C1. The molecule has 0 aliphatic carbocycles. The fraction of sp³-hybridized carbons (Fsp3) is 0.500. The first kappa shape index (κ1) is 14.2. The number of aliphatic hydroxyl groups excluding tert-OH is 1. The summed E-state index contributed by atoms with van der Waals surface area (Å²) < 4.78 is 0. The van der Waals surface area contributed by atoms with Crippen molar-refractivity contribution in [3.05, 3.63) is 34.3 Å². The summed E-state index contributed by atoms with van der Waals surface area (Å²) in [5, 5.41) is 20.1. The molecule has 19 heavy (non-hydrogen) atoms. The molecule has 5 heteroatoms. The van der Waals surface area contributed by atoms with Crippen LogP contribution in [-0.4, -0.2) is 34.3 Å². The summed E-state index contributed by atoms with van der Waals surface area (Å²) in [6.07, 6.45) is 0.0328. The van der Waals surface area contributed by atoms with Crippen LogP contribution in [0.5, 0.6) is 0 Å². The summed E-state index contributed by atoms with van der Waals surface area (Å²) >= 11 is 5.96. The van der Waals surface area contributed by atoms with E-state index in [0.717, 1.165) is 24.0 Å². The van der Waals surface area contributed by atoms with Gasteiger partial charge in [-0.3, -0.25) is 0 Å². The Labute approximate surface area is 117 Å². The van der Waals surface area contributed by atoms with Gasteiger partial charge in [0.05, 0.1) is 6.10 Å². The molecule has 2 atom stereocenters. The number of aliphatic hydroxyl groups is 1. The van der Waals surface area contributed by atoms with Gasteiger partial charge in [0.15, 0.2) is 0 Å². The quantitative estimate of drug-likeness (QED) is 0.877. The van der Waals surface area contributed by atoms with E-state index < -0.39 is 12.2 Å². The minimum Gasteiger partial charge on any atom is -0.465 e. The normalized spacial score (nSPS) is 21.2. The lowest BCUT2D eigenvalue weighted by atomic mass is 9.87. The number of halogens is 1. The maximum Gasteiger partial charge on any atom is 0.407 e.